The molecule has 3 aromatic heterocycles. The summed E-state index contributed by atoms with van der Waals surface area (Å²) < 4.78 is 5.45. The van der Waals surface area contributed by atoms with Crippen LogP contribution in [0.5, 0.6) is 0 Å². The maximum Gasteiger partial charge on any atom is 0.163 e. The van der Waals surface area contributed by atoms with Crippen molar-refractivity contribution in [3.8, 4) is 22.6 Å². The zero-order valence-electron chi connectivity index (χ0n) is 13.2. The minimum Gasteiger partial charge on any atom is -0.378 e. The molecule has 0 N–H and O–H groups in total. The Morgan fingerprint density at radius 3 is 2.46 bits per heavy atom. The molecule has 0 bridgehead atoms. The van der Waals surface area contributed by atoms with E-state index in [0.717, 1.165) is 48.9 Å². The molecule has 1 fully saturated rings. The lowest BCUT2D eigenvalue weighted by Gasteiger charge is -2.28. The van der Waals surface area contributed by atoms with Gasteiger partial charge in [-0.25, -0.2) is 9.97 Å². The Morgan fingerprint density at radius 1 is 0.875 bits per heavy atom. The molecule has 24 heavy (non-hydrogen) atoms. The maximum atomic E-state index is 5.45. The lowest BCUT2D eigenvalue weighted by molar-refractivity contribution is 0.122. The Kier molecular flexibility index (Phi) is 4.12. The first kappa shape index (κ1) is 14.7. The normalized spacial score (nSPS) is 14.6. The Morgan fingerprint density at radius 2 is 1.71 bits per heavy atom. The van der Waals surface area contributed by atoms with Gasteiger partial charge in [0.1, 0.15) is 5.82 Å². The van der Waals surface area contributed by atoms with Crippen LogP contribution in [0.4, 0.5) is 5.82 Å². The summed E-state index contributed by atoms with van der Waals surface area (Å²) in [5.74, 6) is 1.60. The Bertz CT molecular complexity index is 746. The summed E-state index contributed by atoms with van der Waals surface area (Å²) in [6.45, 7) is 3.10. The van der Waals surface area contributed by atoms with E-state index in [2.05, 4.69) is 14.9 Å². The highest BCUT2D eigenvalue weighted by Gasteiger charge is 2.16. The largest absolute Gasteiger partial charge is 0.378 e. The van der Waals surface area contributed by atoms with Gasteiger partial charge in [-0.2, -0.15) is 0 Å². The van der Waals surface area contributed by atoms with Crippen LogP contribution in [0.2, 0.25) is 0 Å². The van der Waals surface area contributed by atoms with Crippen LogP contribution < -0.4 is 4.90 Å². The molecule has 0 atom stereocenters. The second-order valence-corrected chi connectivity index (χ2v) is 5.51. The van der Waals surface area contributed by atoms with Crippen molar-refractivity contribution in [3.63, 3.8) is 0 Å². The van der Waals surface area contributed by atoms with Gasteiger partial charge < -0.3 is 9.64 Å². The van der Waals surface area contributed by atoms with E-state index in [1.165, 1.54) is 0 Å². The second kappa shape index (κ2) is 6.72. The molecule has 4 heterocycles. The number of anilines is 1. The number of hydrogen-bond donors (Lipinski definition) is 0. The highest BCUT2D eigenvalue weighted by atomic mass is 16.5. The third-order valence-electron chi connectivity index (χ3n) is 3.94. The van der Waals surface area contributed by atoms with E-state index in [4.69, 9.17) is 14.7 Å². The Labute approximate surface area is 140 Å². The van der Waals surface area contributed by atoms with Crippen LogP contribution in [0.3, 0.4) is 0 Å². The zero-order valence-corrected chi connectivity index (χ0v) is 13.2. The third kappa shape index (κ3) is 3.09. The number of aromatic nitrogens is 4. The number of pyridine rings is 2. The summed E-state index contributed by atoms with van der Waals surface area (Å²) >= 11 is 0. The van der Waals surface area contributed by atoms with E-state index in [1.807, 2.05) is 30.3 Å². The van der Waals surface area contributed by atoms with Gasteiger partial charge in [0.2, 0.25) is 0 Å². The molecule has 6 nitrogen and oxygen atoms in total. The van der Waals surface area contributed by atoms with Crippen molar-refractivity contribution < 1.29 is 4.74 Å². The smallest absolute Gasteiger partial charge is 0.163 e. The average molecular weight is 319 g/mol. The monoisotopic (exact) mass is 319 g/mol. The van der Waals surface area contributed by atoms with Crippen LogP contribution in [-0.2, 0) is 4.74 Å². The molecule has 0 saturated carbocycles. The molecule has 0 amide bonds. The van der Waals surface area contributed by atoms with Gasteiger partial charge in [0.25, 0.3) is 0 Å². The highest BCUT2D eigenvalue weighted by molar-refractivity contribution is 5.67. The van der Waals surface area contributed by atoms with Gasteiger partial charge in [0.15, 0.2) is 5.82 Å². The Hall–Kier alpha value is -2.86. The van der Waals surface area contributed by atoms with Crippen molar-refractivity contribution in [3.05, 3.63) is 55.1 Å². The summed E-state index contributed by atoms with van der Waals surface area (Å²) in [6.07, 6.45) is 7.08. The summed E-state index contributed by atoms with van der Waals surface area (Å²) in [7, 11) is 0. The first-order valence-electron chi connectivity index (χ1n) is 7.93. The van der Waals surface area contributed by atoms with Gasteiger partial charge in [-0.05, 0) is 24.3 Å². The number of hydrogen-bond acceptors (Lipinski definition) is 6. The van der Waals surface area contributed by atoms with Crippen LogP contribution in [0.15, 0.2) is 55.1 Å². The van der Waals surface area contributed by atoms with Crippen LogP contribution in [-0.4, -0.2) is 46.2 Å². The predicted molar refractivity (Wildman–Crippen MR) is 91.5 cm³/mol. The molecule has 3 aromatic rings. The lowest BCUT2D eigenvalue weighted by atomic mass is 10.1. The molecule has 0 unspecified atom stereocenters. The molecule has 0 aliphatic carbocycles. The van der Waals surface area contributed by atoms with Gasteiger partial charge in [-0.15, -0.1) is 0 Å². The predicted octanol–water partition coefficient (Wildman–Crippen LogP) is 2.44. The first-order valence-corrected chi connectivity index (χ1v) is 7.93. The van der Waals surface area contributed by atoms with Crippen molar-refractivity contribution in [2.45, 2.75) is 0 Å². The molecule has 120 valence electrons. The minimum absolute atomic E-state index is 0.680. The van der Waals surface area contributed by atoms with Crippen molar-refractivity contribution in [1.82, 2.24) is 19.9 Å². The second-order valence-electron chi connectivity index (χ2n) is 5.51. The summed E-state index contributed by atoms with van der Waals surface area (Å²) in [6, 6.07) is 9.81. The number of ether oxygens (including phenoxy) is 1. The van der Waals surface area contributed by atoms with Crippen molar-refractivity contribution in [2.24, 2.45) is 0 Å². The van der Waals surface area contributed by atoms with Gasteiger partial charge >= 0.3 is 0 Å². The van der Waals surface area contributed by atoms with Crippen LogP contribution in [0.25, 0.3) is 22.6 Å². The fourth-order valence-electron chi connectivity index (χ4n) is 2.68. The molecular weight excluding hydrogens is 302 g/mol. The Balaban J connectivity index is 1.81. The van der Waals surface area contributed by atoms with Crippen LogP contribution in [0.1, 0.15) is 0 Å². The van der Waals surface area contributed by atoms with E-state index in [1.54, 1.807) is 24.8 Å². The van der Waals surface area contributed by atoms with Crippen LogP contribution >= 0.6 is 0 Å². The van der Waals surface area contributed by atoms with Crippen molar-refractivity contribution in [1.29, 1.82) is 0 Å². The number of rotatable bonds is 3. The van der Waals surface area contributed by atoms with E-state index in [0.29, 0.717) is 5.82 Å². The van der Waals surface area contributed by atoms with Gasteiger partial charge in [-0.1, -0.05) is 0 Å². The summed E-state index contributed by atoms with van der Waals surface area (Å²) in [5, 5.41) is 0. The molecular formula is C18H17N5O. The van der Waals surface area contributed by atoms with Gasteiger partial charge in [0.05, 0.1) is 18.9 Å². The molecule has 1 aliphatic rings. The van der Waals surface area contributed by atoms with E-state index in [9.17, 15) is 0 Å². The quantitative estimate of drug-likeness (QED) is 0.739. The zero-order chi connectivity index (χ0) is 16.2. The molecule has 6 heteroatoms. The standard InChI is InChI=1S/C18H17N5O/c1-2-15(13-20-5-1)18-21-16(14-3-6-19-7-4-14)12-17(22-18)23-8-10-24-11-9-23/h1-7,12-13H,8-11H2. The minimum atomic E-state index is 0.680. The van der Waals surface area contributed by atoms with E-state index >= 15 is 0 Å². The molecule has 0 aromatic carbocycles. The fraction of sp³-hybridized carbons (Fsp3) is 0.222. The number of nitrogens with zero attached hydrogens (tertiary/aromatic N) is 5. The van der Waals surface area contributed by atoms with Crippen molar-refractivity contribution in [2.75, 3.05) is 31.2 Å². The first-order chi connectivity index (χ1) is 11.9. The van der Waals surface area contributed by atoms with Crippen LogP contribution in [0, 0.1) is 0 Å². The summed E-state index contributed by atoms with van der Waals surface area (Å²) in [4.78, 5) is 20.0. The number of morpholine rings is 1. The fourth-order valence-corrected chi connectivity index (χ4v) is 2.68. The highest BCUT2D eigenvalue weighted by Crippen LogP contribution is 2.25. The topological polar surface area (TPSA) is 64.0 Å². The lowest BCUT2D eigenvalue weighted by Crippen LogP contribution is -2.36. The van der Waals surface area contributed by atoms with Gasteiger partial charge in [0, 0.05) is 55.1 Å². The molecule has 0 spiro atoms. The van der Waals surface area contributed by atoms with E-state index in [-0.39, 0.29) is 0 Å². The van der Waals surface area contributed by atoms with E-state index < -0.39 is 0 Å². The molecule has 0 radical (unpaired) electrons. The SMILES string of the molecule is c1cncc(-c2nc(-c3ccncc3)cc(N3CCOCC3)n2)c1. The average Bonchev–Trinajstić information content (AvgIpc) is 2.70. The molecule has 4 rings (SSSR count). The maximum absolute atomic E-state index is 5.45. The molecule has 1 aliphatic heterocycles. The summed E-state index contributed by atoms with van der Waals surface area (Å²) in [5.41, 5.74) is 2.81. The third-order valence-corrected chi connectivity index (χ3v) is 3.94. The van der Waals surface area contributed by atoms with Gasteiger partial charge in [-0.3, -0.25) is 9.97 Å². The van der Waals surface area contributed by atoms with Crippen molar-refractivity contribution >= 4 is 5.82 Å². The molecule has 1 saturated heterocycles.